The molecule has 3 rings (SSSR count). The highest BCUT2D eigenvalue weighted by Crippen LogP contribution is 2.16. The largest absolute Gasteiger partial charge is 0.494 e. The Balaban J connectivity index is 1.44. The van der Waals surface area contributed by atoms with Gasteiger partial charge in [-0.1, -0.05) is 6.07 Å². The SMILES string of the molecule is CCOc1ccc(NC(=O)COc2ccc(/C=N\NC(=O)c3cccc(I)c3)cc2)cc1. The molecular formula is C24H22IN3O4. The van der Waals surface area contributed by atoms with Gasteiger partial charge in [0, 0.05) is 14.8 Å². The molecule has 0 unspecified atom stereocenters. The van der Waals surface area contributed by atoms with Crippen molar-refractivity contribution >= 4 is 46.3 Å². The molecule has 0 aliphatic heterocycles. The maximum absolute atomic E-state index is 12.1. The molecule has 164 valence electrons. The van der Waals surface area contributed by atoms with Crippen LogP contribution in [0.2, 0.25) is 0 Å². The summed E-state index contributed by atoms with van der Waals surface area (Å²) in [6, 6.07) is 21.4. The van der Waals surface area contributed by atoms with E-state index >= 15 is 0 Å². The van der Waals surface area contributed by atoms with Crippen molar-refractivity contribution in [2.24, 2.45) is 5.10 Å². The predicted octanol–water partition coefficient (Wildman–Crippen LogP) is 4.47. The Labute approximate surface area is 200 Å². The third kappa shape index (κ3) is 7.38. The van der Waals surface area contributed by atoms with Gasteiger partial charge in [-0.3, -0.25) is 9.59 Å². The lowest BCUT2D eigenvalue weighted by Gasteiger charge is -2.09. The zero-order valence-electron chi connectivity index (χ0n) is 17.4. The Morgan fingerprint density at radius 3 is 2.34 bits per heavy atom. The van der Waals surface area contributed by atoms with Crippen LogP contribution in [-0.2, 0) is 4.79 Å². The molecule has 0 saturated carbocycles. The van der Waals surface area contributed by atoms with Gasteiger partial charge in [0.25, 0.3) is 11.8 Å². The normalized spacial score (nSPS) is 10.6. The molecule has 3 aromatic carbocycles. The van der Waals surface area contributed by atoms with Gasteiger partial charge in [-0.25, -0.2) is 5.43 Å². The van der Waals surface area contributed by atoms with Gasteiger partial charge in [-0.2, -0.15) is 5.10 Å². The summed E-state index contributed by atoms with van der Waals surface area (Å²) in [6.07, 6.45) is 1.54. The molecule has 0 spiro atoms. The van der Waals surface area contributed by atoms with Crippen LogP contribution in [0, 0.1) is 3.57 Å². The van der Waals surface area contributed by atoms with Gasteiger partial charge in [-0.15, -0.1) is 0 Å². The molecule has 8 heteroatoms. The lowest BCUT2D eigenvalue weighted by atomic mass is 10.2. The van der Waals surface area contributed by atoms with Gasteiger partial charge in [0.15, 0.2) is 6.61 Å². The summed E-state index contributed by atoms with van der Waals surface area (Å²) < 4.78 is 11.9. The fourth-order valence-corrected chi connectivity index (χ4v) is 3.20. The van der Waals surface area contributed by atoms with E-state index in [-0.39, 0.29) is 18.4 Å². The first kappa shape index (κ1) is 23.3. The smallest absolute Gasteiger partial charge is 0.271 e. The Morgan fingerprint density at radius 1 is 0.969 bits per heavy atom. The first-order valence-corrected chi connectivity index (χ1v) is 11.0. The van der Waals surface area contributed by atoms with Gasteiger partial charge in [-0.05, 0) is 102 Å². The number of nitrogens with one attached hydrogen (secondary N) is 2. The van der Waals surface area contributed by atoms with Crippen molar-refractivity contribution in [1.82, 2.24) is 5.43 Å². The second-order valence-corrected chi connectivity index (χ2v) is 7.82. The molecule has 0 bridgehead atoms. The van der Waals surface area contributed by atoms with Crippen molar-refractivity contribution in [2.45, 2.75) is 6.92 Å². The number of benzene rings is 3. The highest BCUT2D eigenvalue weighted by Gasteiger charge is 2.05. The number of hydrazone groups is 1. The van der Waals surface area contributed by atoms with Crippen LogP contribution in [0.15, 0.2) is 77.9 Å². The highest BCUT2D eigenvalue weighted by molar-refractivity contribution is 14.1. The van der Waals surface area contributed by atoms with E-state index in [0.717, 1.165) is 14.9 Å². The Hall–Kier alpha value is -3.40. The van der Waals surface area contributed by atoms with Crippen molar-refractivity contribution in [3.8, 4) is 11.5 Å². The molecule has 0 saturated heterocycles. The Bertz CT molecular complexity index is 1080. The number of rotatable bonds is 9. The number of hydrogen-bond acceptors (Lipinski definition) is 5. The van der Waals surface area contributed by atoms with Crippen LogP contribution in [0.5, 0.6) is 11.5 Å². The molecule has 0 aliphatic rings. The average Bonchev–Trinajstić information content (AvgIpc) is 2.80. The molecular weight excluding hydrogens is 521 g/mol. The minimum Gasteiger partial charge on any atom is -0.494 e. The number of carbonyl (C=O) groups is 2. The number of nitrogens with zero attached hydrogens (tertiary/aromatic N) is 1. The Kier molecular flexibility index (Phi) is 8.61. The van der Waals surface area contributed by atoms with E-state index in [4.69, 9.17) is 9.47 Å². The predicted molar refractivity (Wildman–Crippen MR) is 132 cm³/mol. The third-order valence-electron chi connectivity index (χ3n) is 4.17. The fourth-order valence-electron chi connectivity index (χ4n) is 2.66. The van der Waals surface area contributed by atoms with Crippen LogP contribution >= 0.6 is 22.6 Å². The second-order valence-electron chi connectivity index (χ2n) is 6.57. The summed E-state index contributed by atoms with van der Waals surface area (Å²) in [6.45, 7) is 2.38. The van der Waals surface area contributed by atoms with Gasteiger partial charge in [0.2, 0.25) is 0 Å². The standard InChI is InChI=1S/C24H22IN3O4/c1-2-31-21-12-8-20(9-13-21)27-23(29)16-32-22-10-6-17(7-11-22)15-26-28-24(30)18-4-3-5-19(25)14-18/h3-15H,2,16H2,1H3,(H,27,29)(H,28,30)/b26-15-. The summed E-state index contributed by atoms with van der Waals surface area (Å²) in [4.78, 5) is 24.2. The van der Waals surface area contributed by atoms with Crippen molar-refractivity contribution < 1.29 is 19.1 Å². The van der Waals surface area contributed by atoms with Crippen molar-refractivity contribution in [3.63, 3.8) is 0 Å². The number of hydrogen-bond donors (Lipinski definition) is 2. The molecule has 2 amide bonds. The number of carbonyl (C=O) groups excluding carboxylic acids is 2. The zero-order valence-corrected chi connectivity index (χ0v) is 19.5. The second kappa shape index (κ2) is 11.8. The number of amides is 2. The maximum Gasteiger partial charge on any atom is 0.271 e. The highest BCUT2D eigenvalue weighted by atomic mass is 127. The third-order valence-corrected chi connectivity index (χ3v) is 4.84. The van der Waals surface area contributed by atoms with Gasteiger partial charge >= 0.3 is 0 Å². The lowest BCUT2D eigenvalue weighted by Crippen LogP contribution is -2.20. The summed E-state index contributed by atoms with van der Waals surface area (Å²) in [7, 11) is 0. The van der Waals surface area contributed by atoms with Crippen LogP contribution in [-0.4, -0.2) is 31.2 Å². The van der Waals surface area contributed by atoms with Gasteiger partial charge in [0.1, 0.15) is 11.5 Å². The number of anilines is 1. The fraction of sp³-hybridized carbons (Fsp3) is 0.125. The topological polar surface area (TPSA) is 89.0 Å². The van der Waals surface area contributed by atoms with E-state index in [2.05, 4.69) is 38.4 Å². The quantitative estimate of drug-likeness (QED) is 0.237. The molecule has 0 atom stereocenters. The summed E-state index contributed by atoms with van der Waals surface area (Å²) in [5.74, 6) is 0.753. The molecule has 0 heterocycles. The minimum atomic E-state index is -0.279. The summed E-state index contributed by atoms with van der Waals surface area (Å²) in [5.41, 5.74) is 4.49. The maximum atomic E-state index is 12.1. The van der Waals surface area contributed by atoms with Crippen molar-refractivity contribution in [3.05, 3.63) is 87.5 Å². The first-order valence-electron chi connectivity index (χ1n) is 9.88. The zero-order chi connectivity index (χ0) is 22.8. The van der Waals surface area contributed by atoms with Crippen LogP contribution in [0.1, 0.15) is 22.8 Å². The van der Waals surface area contributed by atoms with E-state index in [1.807, 2.05) is 19.1 Å². The van der Waals surface area contributed by atoms with Crippen molar-refractivity contribution in [1.29, 1.82) is 0 Å². The van der Waals surface area contributed by atoms with Gasteiger partial charge < -0.3 is 14.8 Å². The number of halogens is 1. The number of ether oxygens (including phenoxy) is 2. The minimum absolute atomic E-state index is 0.118. The van der Waals surface area contributed by atoms with Crippen LogP contribution < -0.4 is 20.2 Å². The van der Waals surface area contributed by atoms with E-state index in [1.54, 1.807) is 60.7 Å². The summed E-state index contributed by atoms with van der Waals surface area (Å²) in [5, 5.41) is 6.74. The lowest BCUT2D eigenvalue weighted by molar-refractivity contribution is -0.118. The Morgan fingerprint density at radius 2 is 1.66 bits per heavy atom. The molecule has 2 N–H and O–H groups in total. The molecule has 0 aromatic heterocycles. The molecule has 7 nitrogen and oxygen atoms in total. The summed E-state index contributed by atoms with van der Waals surface area (Å²) >= 11 is 2.15. The molecule has 0 radical (unpaired) electrons. The van der Waals surface area contributed by atoms with Crippen LogP contribution in [0.4, 0.5) is 5.69 Å². The molecule has 0 aliphatic carbocycles. The molecule has 3 aromatic rings. The van der Waals surface area contributed by atoms with Crippen molar-refractivity contribution in [2.75, 3.05) is 18.5 Å². The van der Waals surface area contributed by atoms with E-state index in [9.17, 15) is 9.59 Å². The van der Waals surface area contributed by atoms with E-state index in [0.29, 0.717) is 23.6 Å². The monoisotopic (exact) mass is 543 g/mol. The van der Waals surface area contributed by atoms with Gasteiger partial charge in [0.05, 0.1) is 12.8 Å². The van der Waals surface area contributed by atoms with E-state index < -0.39 is 0 Å². The molecule has 0 fully saturated rings. The average molecular weight is 543 g/mol. The molecule has 32 heavy (non-hydrogen) atoms. The van der Waals surface area contributed by atoms with Crippen LogP contribution in [0.3, 0.4) is 0 Å². The first-order chi connectivity index (χ1) is 15.5. The van der Waals surface area contributed by atoms with E-state index in [1.165, 1.54) is 6.21 Å². The van der Waals surface area contributed by atoms with Crippen LogP contribution in [0.25, 0.3) is 0 Å².